The van der Waals surface area contributed by atoms with Crippen LogP contribution in [0.25, 0.3) is 22.6 Å². The van der Waals surface area contributed by atoms with E-state index in [9.17, 15) is 9.59 Å². The molecule has 0 radical (unpaired) electrons. The van der Waals surface area contributed by atoms with Gasteiger partial charge in [-0.1, -0.05) is 18.2 Å². The van der Waals surface area contributed by atoms with Crippen molar-refractivity contribution in [2.75, 3.05) is 32.8 Å². The van der Waals surface area contributed by atoms with Gasteiger partial charge in [0.15, 0.2) is 11.2 Å². The topological polar surface area (TPSA) is 78.7 Å². The number of morpholine rings is 1. The van der Waals surface area contributed by atoms with Crippen LogP contribution in [0.2, 0.25) is 0 Å². The third-order valence-electron chi connectivity index (χ3n) is 6.13. The third-order valence-corrected chi connectivity index (χ3v) is 6.13. The van der Waals surface area contributed by atoms with Gasteiger partial charge < -0.3 is 4.74 Å². The third kappa shape index (κ3) is 3.12. The Kier molecular flexibility index (Phi) is 4.79. The number of ether oxygens (including phenoxy) is 1. The van der Waals surface area contributed by atoms with Crippen molar-refractivity contribution in [3.8, 4) is 5.69 Å². The largest absolute Gasteiger partial charge is 0.379 e. The molecule has 5 rings (SSSR count). The van der Waals surface area contributed by atoms with Crippen LogP contribution in [0.15, 0.2) is 40.1 Å². The smallest absolute Gasteiger partial charge is 0.332 e. The fourth-order valence-corrected chi connectivity index (χ4v) is 4.39. The summed E-state index contributed by atoms with van der Waals surface area (Å²) in [5, 5.41) is 0. The Labute approximate surface area is 178 Å². The van der Waals surface area contributed by atoms with Crippen LogP contribution in [0.3, 0.4) is 0 Å². The summed E-state index contributed by atoms with van der Waals surface area (Å²) in [4.78, 5) is 33.3. The highest BCUT2D eigenvalue weighted by atomic mass is 16.5. The Hall–Kier alpha value is -3.17. The van der Waals surface area contributed by atoms with Gasteiger partial charge in [0.1, 0.15) is 0 Å². The first kappa shape index (κ1) is 19.8. The van der Waals surface area contributed by atoms with Crippen molar-refractivity contribution >= 4 is 16.9 Å². The predicted octanol–water partition coefficient (Wildman–Crippen LogP) is 1.09. The van der Waals surface area contributed by atoms with Gasteiger partial charge in [-0.15, -0.1) is 0 Å². The van der Waals surface area contributed by atoms with E-state index in [1.807, 2.05) is 53.3 Å². The molecule has 0 N–H and O–H groups in total. The van der Waals surface area contributed by atoms with E-state index in [1.165, 1.54) is 9.13 Å². The van der Waals surface area contributed by atoms with Crippen LogP contribution in [-0.2, 0) is 18.3 Å². The van der Waals surface area contributed by atoms with E-state index in [2.05, 4.69) is 4.90 Å². The molecule has 0 aliphatic carbocycles. The van der Waals surface area contributed by atoms with Crippen molar-refractivity contribution < 1.29 is 4.74 Å². The molecule has 1 fully saturated rings. The van der Waals surface area contributed by atoms with E-state index in [0.29, 0.717) is 43.2 Å². The number of aryl methyl sites for hydroxylation is 3. The second-order valence-electron chi connectivity index (χ2n) is 8.10. The first-order valence-corrected chi connectivity index (χ1v) is 10.5. The molecule has 3 aromatic heterocycles. The number of fused-ring (bicyclic) bond motifs is 3. The van der Waals surface area contributed by atoms with Gasteiger partial charge in [-0.2, -0.15) is 4.98 Å². The van der Waals surface area contributed by atoms with Crippen LogP contribution in [0, 0.1) is 13.8 Å². The number of rotatable bonds is 4. The fraction of sp³-hybridized carbons (Fsp3) is 0.409. The Morgan fingerprint density at radius 2 is 1.81 bits per heavy atom. The van der Waals surface area contributed by atoms with E-state index in [-0.39, 0.29) is 11.2 Å². The number of hydrogen-bond donors (Lipinski definition) is 0. The van der Waals surface area contributed by atoms with Gasteiger partial charge in [-0.3, -0.25) is 27.8 Å². The van der Waals surface area contributed by atoms with Crippen LogP contribution in [0.1, 0.15) is 11.3 Å². The molecule has 1 saturated heterocycles. The summed E-state index contributed by atoms with van der Waals surface area (Å²) in [5.74, 6) is 0.625. The molecule has 9 heteroatoms. The maximum atomic E-state index is 13.4. The van der Waals surface area contributed by atoms with Crippen LogP contribution in [0.4, 0.5) is 0 Å². The average Bonchev–Trinajstić information content (AvgIpc) is 3.28. The number of benzene rings is 1. The minimum Gasteiger partial charge on any atom is -0.379 e. The van der Waals surface area contributed by atoms with Crippen molar-refractivity contribution in [1.29, 1.82) is 0 Å². The van der Waals surface area contributed by atoms with Gasteiger partial charge in [-0.05, 0) is 25.5 Å². The molecule has 4 heterocycles. The van der Waals surface area contributed by atoms with Gasteiger partial charge in [0.25, 0.3) is 5.56 Å². The van der Waals surface area contributed by atoms with Crippen LogP contribution in [-0.4, -0.2) is 60.8 Å². The van der Waals surface area contributed by atoms with Gasteiger partial charge in [0, 0.05) is 45.1 Å². The van der Waals surface area contributed by atoms with Crippen LogP contribution in [0.5, 0.6) is 0 Å². The minimum absolute atomic E-state index is 0.305. The number of imidazole rings is 2. The highest BCUT2D eigenvalue weighted by Crippen LogP contribution is 2.23. The van der Waals surface area contributed by atoms with Crippen molar-refractivity contribution in [3.05, 3.63) is 62.6 Å². The van der Waals surface area contributed by atoms with E-state index in [1.54, 1.807) is 7.05 Å². The molecule has 31 heavy (non-hydrogen) atoms. The molecular weight excluding hydrogens is 396 g/mol. The quantitative estimate of drug-likeness (QED) is 0.492. The fourth-order valence-electron chi connectivity index (χ4n) is 4.39. The molecule has 0 atom stereocenters. The van der Waals surface area contributed by atoms with Gasteiger partial charge >= 0.3 is 5.69 Å². The second kappa shape index (κ2) is 7.51. The standard InChI is InChI=1S/C22H26N6O3/c1-15-6-4-5-7-17(15)28-16(2)14-27-18-19(23-21(27)28)24(3)22(30)26(20(18)29)9-8-25-10-12-31-13-11-25/h4-7,14H,8-13H2,1-3H3. The predicted molar refractivity (Wildman–Crippen MR) is 118 cm³/mol. The summed E-state index contributed by atoms with van der Waals surface area (Å²) in [7, 11) is 1.67. The monoisotopic (exact) mass is 422 g/mol. The molecule has 9 nitrogen and oxygen atoms in total. The van der Waals surface area contributed by atoms with E-state index < -0.39 is 0 Å². The Bertz CT molecular complexity index is 1400. The van der Waals surface area contributed by atoms with Gasteiger partial charge in [0.05, 0.1) is 18.9 Å². The Morgan fingerprint density at radius 1 is 1.06 bits per heavy atom. The molecule has 1 aliphatic rings. The van der Waals surface area contributed by atoms with Gasteiger partial charge in [-0.25, -0.2) is 4.79 Å². The van der Waals surface area contributed by atoms with Gasteiger partial charge in [0.2, 0.25) is 5.78 Å². The van der Waals surface area contributed by atoms with E-state index >= 15 is 0 Å². The lowest BCUT2D eigenvalue weighted by Crippen LogP contribution is -2.44. The van der Waals surface area contributed by atoms with Crippen molar-refractivity contribution in [2.45, 2.75) is 20.4 Å². The summed E-state index contributed by atoms with van der Waals surface area (Å²) in [6.45, 7) is 8.00. The molecule has 0 spiro atoms. The van der Waals surface area contributed by atoms with E-state index in [4.69, 9.17) is 9.72 Å². The second-order valence-corrected chi connectivity index (χ2v) is 8.10. The average molecular weight is 422 g/mol. The molecule has 0 bridgehead atoms. The zero-order valence-corrected chi connectivity index (χ0v) is 18.0. The molecule has 1 aromatic carbocycles. The Morgan fingerprint density at radius 3 is 2.55 bits per heavy atom. The lowest BCUT2D eigenvalue weighted by Gasteiger charge is -2.26. The lowest BCUT2D eigenvalue weighted by atomic mass is 10.2. The van der Waals surface area contributed by atoms with Crippen LogP contribution >= 0.6 is 0 Å². The molecule has 4 aromatic rings. The van der Waals surface area contributed by atoms with E-state index in [0.717, 1.165) is 30.0 Å². The molecule has 162 valence electrons. The summed E-state index contributed by atoms with van der Waals surface area (Å²) in [6, 6.07) is 8.05. The molecular formula is C22H26N6O3. The van der Waals surface area contributed by atoms with Crippen molar-refractivity contribution in [1.82, 2.24) is 28.0 Å². The SMILES string of the molecule is Cc1ccccc1-n1c(C)cn2c3c(=O)n(CCN4CCOCC4)c(=O)n(C)c3nc12. The zero-order valence-electron chi connectivity index (χ0n) is 18.0. The summed E-state index contributed by atoms with van der Waals surface area (Å²) < 4.78 is 12.0. The zero-order chi connectivity index (χ0) is 21.7. The normalized spacial score (nSPS) is 15.3. The van der Waals surface area contributed by atoms with Crippen molar-refractivity contribution in [3.63, 3.8) is 0 Å². The maximum absolute atomic E-state index is 13.4. The molecule has 0 unspecified atom stereocenters. The number of nitrogens with zero attached hydrogens (tertiary/aromatic N) is 6. The summed E-state index contributed by atoms with van der Waals surface area (Å²) in [6.07, 6.45) is 1.91. The number of hydrogen-bond acceptors (Lipinski definition) is 5. The summed E-state index contributed by atoms with van der Waals surface area (Å²) in [5.41, 5.74) is 3.25. The van der Waals surface area contributed by atoms with Crippen LogP contribution < -0.4 is 11.2 Å². The first-order chi connectivity index (χ1) is 15.0. The minimum atomic E-state index is -0.342. The highest BCUT2D eigenvalue weighted by Gasteiger charge is 2.21. The molecule has 0 saturated carbocycles. The lowest BCUT2D eigenvalue weighted by molar-refractivity contribution is 0.0361. The number of para-hydroxylation sites is 1. The van der Waals surface area contributed by atoms with Crippen molar-refractivity contribution in [2.24, 2.45) is 7.05 Å². The Balaban J connectivity index is 1.68. The maximum Gasteiger partial charge on any atom is 0.332 e. The first-order valence-electron chi connectivity index (χ1n) is 10.5. The molecule has 0 amide bonds. The number of aromatic nitrogens is 5. The highest BCUT2D eigenvalue weighted by molar-refractivity contribution is 5.76. The molecule has 1 aliphatic heterocycles. The summed E-state index contributed by atoms with van der Waals surface area (Å²) >= 11 is 0.